The molecule has 0 aliphatic heterocycles. The van der Waals surface area contributed by atoms with Crippen LogP contribution in [0.1, 0.15) is 6.92 Å². The number of anilines is 1. The van der Waals surface area contributed by atoms with E-state index in [4.69, 9.17) is 4.74 Å². The van der Waals surface area contributed by atoms with E-state index in [0.717, 1.165) is 34.8 Å². The molecule has 0 aliphatic carbocycles. The summed E-state index contributed by atoms with van der Waals surface area (Å²) in [4.78, 5) is 12.3. The van der Waals surface area contributed by atoms with Crippen molar-refractivity contribution in [2.45, 2.75) is 18.6 Å². The van der Waals surface area contributed by atoms with E-state index in [-0.39, 0.29) is 11.7 Å². The maximum Gasteiger partial charge on any atom is 0.234 e. The minimum Gasteiger partial charge on any atom is -0.497 e. The molecule has 0 radical (unpaired) electrons. The van der Waals surface area contributed by atoms with Crippen molar-refractivity contribution in [2.24, 2.45) is 7.05 Å². The number of rotatable bonds is 7. The first-order valence-electron chi connectivity index (χ1n) is 9.65. The van der Waals surface area contributed by atoms with Crippen molar-refractivity contribution in [3.05, 3.63) is 54.7 Å². The summed E-state index contributed by atoms with van der Waals surface area (Å²) in [6.07, 6.45) is 2.11. The Hall–Kier alpha value is -3.26. The molecule has 8 heteroatoms. The SMILES string of the molecule is CCn1cc(-c2nnc(SCC(=O)Nc3ccc(OC)cc3)n2C)c2ccccc21. The first-order chi connectivity index (χ1) is 14.6. The summed E-state index contributed by atoms with van der Waals surface area (Å²) in [7, 11) is 3.54. The average molecular weight is 422 g/mol. The molecule has 0 atom stereocenters. The van der Waals surface area contributed by atoms with Gasteiger partial charge in [-0.1, -0.05) is 30.0 Å². The van der Waals surface area contributed by atoms with Crippen molar-refractivity contribution in [1.82, 2.24) is 19.3 Å². The molecular formula is C22H23N5O2S. The quantitative estimate of drug-likeness (QED) is 0.453. The van der Waals surface area contributed by atoms with Gasteiger partial charge in [0, 0.05) is 41.9 Å². The minimum absolute atomic E-state index is 0.0997. The van der Waals surface area contributed by atoms with Gasteiger partial charge in [0.15, 0.2) is 11.0 Å². The van der Waals surface area contributed by atoms with Gasteiger partial charge in [-0.05, 0) is 37.3 Å². The lowest BCUT2D eigenvalue weighted by Gasteiger charge is -2.06. The van der Waals surface area contributed by atoms with Crippen LogP contribution < -0.4 is 10.1 Å². The van der Waals surface area contributed by atoms with E-state index in [1.165, 1.54) is 17.3 Å². The van der Waals surface area contributed by atoms with Gasteiger partial charge in [0.1, 0.15) is 5.75 Å². The van der Waals surface area contributed by atoms with Gasteiger partial charge >= 0.3 is 0 Å². The molecule has 0 saturated carbocycles. The zero-order valence-corrected chi connectivity index (χ0v) is 17.9. The summed E-state index contributed by atoms with van der Waals surface area (Å²) in [6, 6.07) is 15.5. The van der Waals surface area contributed by atoms with Gasteiger partial charge in [0.2, 0.25) is 5.91 Å². The van der Waals surface area contributed by atoms with Gasteiger partial charge in [0.25, 0.3) is 0 Å². The van der Waals surface area contributed by atoms with Crippen LogP contribution in [0.4, 0.5) is 5.69 Å². The summed E-state index contributed by atoms with van der Waals surface area (Å²) < 4.78 is 9.27. The Kier molecular flexibility index (Phi) is 5.76. The zero-order chi connectivity index (χ0) is 21.1. The molecule has 0 aliphatic rings. The number of ether oxygens (including phenoxy) is 1. The highest BCUT2D eigenvalue weighted by Crippen LogP contribution is 2.31. The molecule has 1 amide bonds. The minimum atomic E-state index is -0.0997. The van der Waals surface area contributed by atoms with Crippen LogP contribution >= 0.6 is 11.8 Å². The van der Waals surface area contributed by atoms with E-state index in [9.17, 15) is 4.79 Å². The lowest BCUT2D eigenvalue weighted by molar-refractivity contribution is -0.113. The number of para-hydroxylation sites is 1. The summed E-state index contributed by atoms with van der Waals surface area (Å²) in [5, 5.41) is 13.4. The van der Waals surface area contributed by atoms with Gasteiger partial charge in [-0.15, -0.1) is 10.2 Å². The molecule has 7 nitrogen and oxygen atoms in total. The molecule has 154 valence electrons. The second kappa shape index (κ2) is 8.62. The average Bonchev–Trinajstić information content (AvgIpc) is 3.32. The molecular weight excluding hydrogens is 398 g/mol. The molecule has 30 heavy (non-hydrogen) atoms. The van der Waals surface area contributed by atoms with Crippen molar-refractivity contribution in [1.29, 1.82) is 0 Å². The molecule has 0 saturated heterocycles. The number of fused-ring (bicyclic) bond motifs is 1. The Morgan fingerprint density at radius 3 is 2.63 bits per heavy atom. The van der Waals surface area contributed by atoms with Gasteiger partial charge in [-0.25, -0.2) is 0 Å². The lowest BCUT2D eigenvalue weighted by atomic mass is 10.1. The molecule has 0 bridgehead atoms. The van der Waals surface area contributed by atoms with E-state index in [0.29, 0.717) is 5.16 Å². The van der Waals surface area contributed by atoms with Crippen LogP contribution in [-0.2, 0) is 18.4 Å². The molecule has 0 fully saturated rings. The molecule has 2 aromatic carbocycles. The van der Waals surface area contributed by atoms with E-state index >= 15 is 0 Å². The zero-order valence-electron chi connectivity index (χ0n) is 17.1. The van der Waals surface area contributed by atoms with Crippen LogP contribution in [-0.4, -0.2) is 38.1 Å². The number of nitrogens with one attached hydrogen (secondary N) is 1. The van der Waals surface area contributed by atoms with Crippen LogP contribution in [0.5, 0.6) is 5.75 Å². The number of hydrogen-bond acceptors (Lipinski definition) is 5. The third-order valence-electron chi connectivity index (χ3n) is 4.91. The highest BCUT2D eigenvalue weighted by atomic mass is 32.2. The highest BCUT2D eigenvalue weighted by Gasteiger charge is 2.17. The lowest BCUT2D eigenvalue weighted by Crippen LogP contribution is -2.14. The van der Waals surface area contributed by atoms with Crippen LogP contribution in [0.25, 0.3) is 22.3 Å². The number of hydrogen-bond donors (Lipinski definition) is 1. The molecule has 4 rings (SSSR count). The number of aryl methyl sites for hydroxylation is 1. The maximum atomic E-state index is 12.3. The van der Waals surface area contributed by atoms with E-state index in [1.54, 1.807) is 7.11 Å². The van der Waals surface area contributed by atoms with Crippen molar-refractivity contribution in [2.75, 3.05) is 18.2 Å². The van der Waals surface area contributed by atoms with Gasteiger partial charge in [0.05, 0.1) is 12.9 Å². The summed E-state index contributed by atoms with van der Waals surface area (Å²) in [5.41, 5.74) is 2.94. The van der Waals surface area contributed by atoms with E-state index in [1.807, 2.05) is 48.0 Å². The Balaban J connectivity index is 1.48. The fraction of sp³-hybridized carbons (Fsp3) is 0.227. The predicted octanol–water partition coefficient (Wildman–Crippen LogP) is 4.20. The third-order valence-corrected chi connectivity index (χ3v) is 5.93. The normalized spacial score (nSPS) is 11.0. The maximum absolute atomic E-state index is 12.3. The predicted molar refractivity (Wildman–Crippen MR) is 120 cm³/mol. The standard InChI is InChI=1S/C22H23N5O2S/c1-4-27-13-18(17-7-5-6-8-19(17)27)21-24-25-22(26(21)2)30-14-20(28)23-15-9-11-16(29-3)12-10-15/h5-13H,4,14H2,1-3H3,(H,23,28). The Morgan fingerprint density at radius 1 is 1.13 bits per heavy atom. The Morgan fingerprint density at radius 2 is 1.90 bits per heavy atom. The molecule has 1 N–H and O–H groups in total. The fourth-order valence-electron chi connectivity index (χ4n) is 3.36. The van der Waals surface area contributed by atoms with Crippen LogP contribution in [0.2, 0.25) is 0 Å². The summed E-state index contributed by atoms with van der Waals surface area (Å²) in [5.74, 6) is 1.68. The number of amides is 1. The number of carbonyl (C=O) groups is 1. The van der Waals surface area contributed by atoms with Gasteiger partial charge in [-0.3, -0.25) is 4.79 Å². The van der Waals surface area contributed by atoms with Crippen molar-refractivity contribution in [3.63, 3.8) is 0 Å². The molecule has 2 heterocycles. The smallest absolute Gasteiger partial charge is 0.234 e. The van der Waals surface area contributed by atoms with Gasteiger partial charge in [-0.2, -0.15) is 0 Å². The number of carbonyl (C=O) groups excluding carboxylic acids is 1. The molecule has 4 aromatic rings. The summed E-state index contributed by atoms with van der Waals surface area (Å²) >= 11 is 1.36. The molecule has 2 aromatic heterocycles. The first kappa shape index (κ1) is 20.0. The van der Waals surface area contributed by atoms with Crippen molar-refractivity contribution in [3.8, 4) is 17.1 Å². The van der Waals surface area contributed by atoms with Crippen LogP contribution in [0, 0.1) is 0 Å². The van der Waals surface area contributed by atoms with Crippen molar-refractivity contribution >= 4 is 34.3 Å². The second-order valence-electron chi connectivity index (χ2n) is 6.78. The van der Waals surface area contributed by atoms with E-state index in [2.05, 4.69) is 45.3 Å². The third kappa shape index (κ3) is 3.91. The topological polar surface area (TPSA) is 74.0 Å². The van der Waals surface area contributed by atoms with E-state index < -0.39 is 0 Å². The summed E-state index contributed by atoms with van der Waals surface area (Å²) in [6.45, 7) is 3.00. The fourth-order valence-corrected chi connectivity index (χ4v) is 4.07. The van der Waals surface area contributed by atoms with Crippen molar-refractivity contribution < 1.29 is 9.53 Å². The number of aromatic nitrogens is 4. The largest absolute Gasteiger partial charge is 0.497 e. The highest BCUT2D eigenvalue weighted by molar-refractivity contribution is 7.99. The monoisotopic (exact) mass is 421 g/mol. The Bertz CT molecular complexity index is 1180. The van der Waals surface area contributed by atoms with Gasteiger partial charge < -0.3 is 19.2 Å². The molecule has 0 spiro atoms. The number of nitrogens with zero attached hydrogens (tertiary/aromatic N) is 4. The number of thioether (sulfide) groups is 1. The number of methoxy groups -OCH3 is 1. The number of benzene rings is 2. The first-order valence-corrected chi connectivity index (χ1v) is 10.6. The Labute approximate surface area is 179 Å². The van der Waals surface area contributed by atoms with Crippen LogP contribution in [0.3, 0.4) is 0 Å². The second-order valence-corrected chi connectivity index (χ2v) is 7.72. The van der Waals surface area contributed by atoms with Crippen LogP contribution in [0.15, 0.2) is 59.9 Å². The molecule has 0 unspecified atom stereocenters.